The Bertz CT molecular complexity index is 498. The largest absolute Gasteiger partial charge is 0.322 e. The van der Waals surface area contributed by atoms with Crippen molar-refractivity contribution in [1.82, 2.24) is 15.1 Å². The van der Waals surface area contributed by atoms with Gasteiger partial charge >= 0.3 is 0 Å². The van der Waals surface area contributed by atoms with Gasteiger partial charge in [-0.05, 0) is 47.1 Å². The van der Waals surface area contributed by atoms with Crippen molar-refractivity contribution in [3.63, 3.8) is 0 Å². The molecule has 0 spiro atoms. The molecule has 5 nitrogen and oxygen atoms in total. The van der Waals surface area contributed by atoms with Crippen molar-refractivity contribution >= 4 is 11.6 Å². The number of hydrogen-bond acceptors (Lipinski definition) is 3. The van der Waals surface area contributed by atoms with Crippen molar-refractivity contribution in [3.8, 4) is 0 Å². The summed E-state index contributed by atoms with van der Waals surface area (Å²) < 4.78 is 1.97. The second-order valence-electron chi connectivity index (χ2n) is 6.10. The number of carbonyl (C=O) groups is 1. The molecule has 1 saturated heterocycles. The molecule has 1 fully saturated rings. The first-order valence-electron chi connectivity index (χ1n) is 7.49. The molecule has 2 heterocycles. The standard InChI is InChI=1S/C15H26N4O/c1-6-15(7-8-16-9-15)14(20)17-13-11(4)18-19(10(2)3)12(13)5/h10,16H,6-9H2,1-5H3,(H,17,20). The first-order valence-corrected chi connectivity index (χ1v) is 7.49. The number of hydrogen-bond donors (Lipinski definition) is 2. The number of carbonyl (C=O) groups excluding carboxylic acids is 1. The van der Waals surface area contributed by atoms with Gasteiger partial charge in [0.05, 0.1) is 22.5 Å². The van der Waals surface area contributed by atoms with Crippen molar-refractivity contribution in [3.05, 3.63) is 11.4 Å². The van der Waals surface area contributed by atoms with Gasteiger partial charge < -0.3 is 10.6 Å². The SMILES string of the molecule is CCC1(C(=O)Nc2c(C)nn(C(C)C)c2C)CCNC1. The van der Waals surface area contributed by atoms with E-state index < -0.39 is 0 Å². The van der Waals surface area contributed by atoms with Crippen LogP contribution in [0.25, 0.3) is 0 Å². The van der Waals surface area contributed by atoms with Gasteiger partial charge in [-0.3, -0.25) is 9.48 Å². The van der Waals surface area contributed by atoms with E-state index in [2.05, 4.69) is 36.5 Å². The van der Waals surface area contributed by atoms with E-state index in [0.717, 1.165) is 43.0 Å². The molecular weight excluding hydrogens is 252 g/mol. The van der Waals surface area contributed by atoms with Gasteiger partial charge in [0, 0.05) is 12.6 Å². The molecule has 2 N–H and O–H groups in total. The third kappa shape index (κ3) is 2.46. The van der Waals surface area contributed by atoms with E-state index in [1.165, 1.54) is 0 Å². The maximum Gasteiger partial charge on any atom is 0.232 e. The first-order chi connectivity index (χ1) is 9.41. The van der Waals surface area contributed by atoms with Crippen LogP contribution in [0.4, 0.5) is 5.69 Å². The summed E-state index contributed by atoms with van der Waals surface area (Å²) in [5.74, 6) is 0.125. The molecule has 0 bridgehead atoms. The lowest BCUT2D eigenvalue weighted by atomic mass is 9.83. The molecule has 1 aromatic heterocycles. The highest BCUT2D eigenvalue weighted by Gasteiger charge is 2.40. The van der Waals surface area contributed by atoms with E-state index in [1.54, 1.807) is 0 Å². The second kappa shape index (κ2) is 5.56. The van der Waals surface area contributed by atoms with Gasteiger partial charge in [0.1, 0.15) is 0 Å². The van der Waals surface area contributed by atoms with Crippen LogP contribution in [0.1, 0.15) is 51.0 Å². The van der Waals surface area contributed by atoms with Crippen LogP contribution in [-0.4, -0.2) is 28.8 Å². The summed E-state index contributed by atoms with van der Waals surface area (Å²) in [7, 11) is 0. The Morgan fingerprint density at radius 2 is 2.20 bits per heavy atom. The summed E-state index contributed by atoms with van der Waals surface area (Å²) in [5.41, 5.74) is 2.53. The van der Waals surface area contributed by atoms with Crippen molar-refractivity contribution in [2.24, 2.45) is 5.41 Å². The minimum Gasteiger partial charge on any atom is -0.322 e. The fourth-order valence-electron chi connectivity index (χ4n) is 2.99. The van der Waals surface area contributed by atoms with Gasteiger partial charge in [-0.2, -0.15) is 5.10 Å². The van der Waals surface area contributed by atoms with E-state index in [1.807, 2.05) is 18.5 Å². The van der Waals surface area contributed by atoms with Crippen molar-refractivity contribution in [1.29, 1.82) is 0 Å². The quantitative estimate of drug-likeness (QED) is 0.889. The average Bonchev–Trinajstić information content (AvgIpc) is 2.99. The van der Waals surface area contributed by atoms with Crippen LogP contribution in [0, 0.1) is 19.3 Å². The Labute approximate surface area is 121 Å². The number of anilines is 1. The molecule has 112 valence electrons. The molecule has 0 aromatic carbocycles. The van der Waals surface area contributed by atoms with Crippen LogP contribution < -0.4 is 10.6 Å². The van der Waals surface area contributed by atoms with Gasteiger partial charge in [0.15, 0.2) is 0 Å². The molecule has 5 heteroatoms. The minimum atomic E-state index is -0.265. The molecule has 2 rings (SSSR count). The van der Waals surface area contributed by atoms with Gasteiger partial charge in [0.25, 0.3) is 0 Å². The van der Waals surface area contributed by atoms with Crippen LogP contribution in [-0.2, 0) is 4.79 Å². The third-order valence-corrected chi connectivity index (χ3v) is 4.45. The van der Waals surface area contributed by atoms with Crippen LogP contribution in [0.5, 0.6) is 0 Å². The van der Waals surface area contributed by atoms with Crippen LogP contribution >= 0.6 is 0 Å². The van der Waals surface area contributed by atoms with E-state index in [4.69, 9.17) is 0 Å². The lowest BCUT2D eigenvalue weighted by Crippen LogP contribution is -2.37. The number of amides is 1. The molecule has 0 aliphatic carbocycles. The van der Waals surface area contributed by atoms with Crippen molar-refractivity contribution in [2.45, 2.75) is 53.5 Å². The van der Waals surface area contributed by atoms with Crippen molar-refractivity contribution < 1.29 is 4.79 Å². The smallest absolute Gasteiger partial charge is 0.232 e. The molecule has 1 aliphatic rings. The lowest BCUT2D eigenvalue weighted by molar-refractivity contribution is -0.124. The highest BCUT2D eigenvalue weighted by atomic mass is 16.2. The fourth-order valence-corrected chi connectivity index (χ4v) is 2.99. The molecular formula is C15H26N4O. The molecule has 1 amide bonds. The first kappa shape index (κ1) is 15.0. The topological polar surface area (TPSA) is 59.0 Å². The van der Waals surface area contributed by atoms with Crippen molar-refractivity contribution in [2.75, 3.05) is 18.4 Å². The minimum absolute atomic E-state index is 0.125. The second-order valence-corrected chi connectivity index (χ2v) is 6.10. The van der Waals surface area contributed by atoms with Crippen LogP contribution in [0.15, 0.2) is 0 Å². The summed E-state index contributed by atoms with van der Waals surface area (Å²) >= 11 is 0. The van der Waals surface area contributed by atoms with Gasteiger partial charge in [-0.15, -0.1) is 0 Å². The number of aryl methyl sites for hydroxylation is 1. The molecule has 1 unspecified atom stereocenters. The number of aromatic nitrogens is 2. The third-order valence-electron chi connectivity index (χ3n) is 4.45. The van der Waals surface area contributed by atoms with E-state index in [-0.39, 0.29) is 11.3 Å². The predicted molar refractivity (Wildman–Crippen MR) is 80.9 cm³/mol. The molecule has 1 aromatic rings. The zero-order valence-corrected chi connectivity index (χ0v) is 13.2. The number of nitrogens with one attached hydrogen (secondary N) is 2. The maximum absolute atomic E-state index is 12.7. The Balaban J connectivity index is 2.24. The summed E-state index contributed by atoms with van der Waals surface area (Å²) in [4.78, 5) is 12.7. The Morgan fingerprint density at radius 3 is 2.65 bits per heavy atom. The maximum atomic E-state index is 12.7. The van der Waals surface area contributed by atoms with Crippen LogP contribution in [0.3, 0.4) is 0 Å². The average molecular weight is 278 g/mol. The highest BCUT2D eigenvalue weighted by molar-refractivity contribution is 5.96. The lowest BCUT2D eigenvalue weighted by Gasteiger charge is -2.25. The van der Waals surface area contributed by atoms with E-state index >= 15 is 0 Å². The Hall–Kier alpha value is -1.36. The molecule has 1 aliphatic heterocycles. The van der Waals surface area contributed by atoms with Crippen LogP contribution in [0.2, 0.25) is 0 Å². The Kier molecular flexibility index (Phi) is 4.18. The van der Waals surface area contributed by atoms with E-state index in [0.29, 0.717) is 6.04 Å². The summed E-state index contributed by atoms with van der Waals surface area (Å²) in [5, 5.41) is 11.0. The number of rotatable bonds is 4. The van der Waals surface area contributed by atoms with Gasteiger partial charge in [-0.1, -0.05) is 6.92 Å². The Morgan fingerprint density at radius 1 is 1.50 bits per heavy atom. The summed E-state index contributed by atoms with van der Waals surface area (Å²) in [6.45, 7) is 11.9. The molecule has 0 saturated carbocycles. The molecule has 0 radical (unpaired) electrons. The summed E-state index contributed by atoms with van der Waals surface area (Å²) in [6, 6.07) is 0.299. The molecule has 1 atom stereocenters. The van der Waals surface area contributed by atoms with Gasteiger partial charge in [-0.25, -0.2) is 0 Å². The molecule has 20 heavy (non-hydrogen) atoms. The number of nitrogens with zero attached hydrogens (tertiary/aromatic N) is 2. The van der Waals surface area contributed by atoms with Gasteiger partial charge in [0.2, 0.25) is 5.91 Å². The zero-order chi connectivity index (χ0) is 14.9. The monoisotopic (exact) mass is 278 g/mol. The zero-order valence-electron chi connectivity index (χ0n) is 13.2. The summed E-state index contributed by atoms with van der Waals surface area (Å²) in [6.07, 6.45) is 1.77. The normalized spacial score (nSPS) is 22.5. The van der Waals surface area contributed by atoms with E-state index in [9.17, 15) is 4.79 Å². The predicted octanol–water partition coefficient (Wildman–Crippen LogP) is 2.41. The fraction of sp³-hybridized carbons (Fsp3) is 0.733. The highest BCUT2D eigenvalue weighted by Crippen LogP contribution is 2.32.